The van der Waals surface area contributed by atoms with E-state index in [-0.39, 0.29) is 0 Å². The van der Waals surface area contributed by atoms with Crippen molar-refractivity contribution in [3.05, 3.63) is 23.8 Å². The van der Waals surface area contributed by atoms with Gasteiger partial charge in [0.1, 0.15) is 0 Å². The molecular weight excluding hydrogens is 179 g/mol. The van der Waals surface area contributed by atoms with Crippen LogP contribution in [0.5, 0.6) is 0 Å². The van der Waals surface area contributed by atoms with E-state index in [1.54, 1.807) is 26.0 Å². The summed E-state index contributed by atoms with van der Waals surface area (Å²) in [5.74, 6) is 0. The monoisotopic (exact) mass is 194 g/mol. The molecule has 0 unspecified atom stereocenters. The summed E-state index contributed by atoms with van der Waals surface area (Å²) in [6, 6.07) is 4.93. The van der Waals surface area contributed by atoms with Crippen LogP contribution in [0.15, 0.2) is 18.2 Å². The Morgan fingerprint density at radius 2 is 1.86 bits per heavy atom. The fourth-order valence-electron chi connectivity index (χ4n) is 1.38. The van der Waals surface area contributed by atoms with E-state index >= 15 is 0 Å². The maximum Gasteiger partial charge on any atom is 0.488 e. The Kier molecular flexibility index (Phi) is 2.85. The highest BCUT2D eigenvalue weighted by Gasteiger charge is 2.24. The molecule has 1 aromatic carbocycles. The molecule has 76 valence electrons. The van der Waals surface area contributed by atoms with Crippen LogP contribution >= 0.6 is 0 Å². The standard InChI is InChI=1S/C9H15BN2O2/c1-9(2,12)7-4-3-6(11)5-8(7)10(13)14/h3-5,13-14H,11-12H2,1-2H3. The number of hydrogen-bond donors (Lipinski definition) is 4. The van der Waals surface area contributed by atoms with Gasteiger partial charge in [-0.3, -0.25) is 0 Å². The summed E-state index contributed by atoms with van der Waals surface area (Å²) < 4.78 is 0. The average Bonchev–Trinajstić information content (AvgIpc) is 2.01. The molecule has 0 aliphatic rings. The minimum atomic E-state index is -1.55. The summed E-state index contributed by atoms with van der Waals surface area (Å²) in [4.78, 5) is 0. The molecule has 0 aromatic heterocycles. The van der Waals surface area contributed by atoms with Crippen molar-refractivity contribution in [3.63, 3.8) is 0 Å². The molecule has 0 fully saturated rings. The second-order valence-corrected chi connectivity index (χ2v) is 3.94. The third-order valence-corrected chi connectivity index (χ3v) is 2.05. The number of anilines is 1. The molecule has 0 saturated heterocycles. The van der Waals surface area contributed by atoms with Crippen molar-refractivity contribution in [2.45, 2.75) is 19.4 Å². The lowest BCUT2D eigenvalue weighted by atomic mass is 9.72. The second-order valence-electron chi connectivity index (χ2n) is 3.94. The van der Waals surface area contributed by atoms with Crippen LogP contribution in [-0.4, -0.2) is 17.2 Å². The van der Waals surface area contributed by atoms with Crippen molar-refractivity contribution in [1.29, 1.82) is 0 Å². The summed E-state index contributed by atoms with van der Waals surface area (Å²) >= 11 is 0. The van der Waals surface area contributed by atoms with Gasteiger partial charge in [-0.1, -0.05) is 6.07 Å². The van der Waals surface area contributed by atoms with E-state index in [2.05, 4.69) is 0 Å². The fourth-order valence-corrected chi connectivity index (χ4v) is 1.38. The topological polar surface area (TPSA) is 92.5 Å². The van der Waals surface area contributed by atoms with E-state index in [1.165, 1.54) is 6.07 Å². The van der Waals surface area contributed by atoms with Gasteiger partial charge in [-0.15, -0.1) is 0 Å². The van der Waals surface area contributed by atoms with Crippen molar-refractivity contribution in [3.8, 4) is 0 Å². The molecule has 14 heavy (non-hydrogen) atoms. The summed E-state index contributed by atoms with van der Waals surface area (Å²) in [5, 5.41) is 18.3. The number of rotatable bonds is 2. The molecule has 0 heterocycles. The van der Waals surface area contributed by atoms with Gasteiger partial charge in [0, 0.05) is 11.2 Å². The largest absolute Gasteiger partial charge is 0.488 e. The van der Waals surface area contributed by atoms with Crippen molar-refractivity contribution < 1.29 is 10.0 Å². The van der Waals surface area contributed by atoms with Gasteiger partial charge in [-0.25, -0.2) is 0 Å². The van der Waals surface area contributed by atoms with Gasteiger partial charge in [0.25, 0.3) is 0 Å². The van der Waals surface area contributed by atoms with Crippen LogP contribution in [0.1, 0.15) is 19.4 Å². The van der Waals surface area contributed by atoms with E-state index in [0.717, 1.165) is 0 Å². The van der Waals surface area contributed by atoms with Crippen LogP contribution < -0.4 is 16.9 Å². The molecule has 4 nitrogen and oxygen atoms in total. The molecule has 1 rings (SSSR count). The zero-order chi connectivity index (χ0) is 10.9. The molecule has 0 atom stereocenters. The maximum absolute atomic E-state index is 9.14. The highest BCUT2D eigenvalue weighted by atomic mass is 16.4. The SMILES string of the molecule is CC(C)(N)c1ccc(N)cc1B(O)O. The van der Waals surface area contributed by atoms with Gasteiger partial charge in [0.05, 0.1) is 0 Å². The van der Waals surface area contributed by atoms with Crippen LogP contribution in [0, 0.1) is 0 Å². The first-order chi connectivity index (χ1) is 6.32. The normalized spacial score (nSPS) is 11.5. The predicted molar refractivity (Wildman–Crippen MR) is 57.9 cm³/mol. The Labute approximate surface area is 83.7 Å². The minimum Gasteiger partial charge on any atom is -0.423 e. The molecule has 0 aliphatic carbocycles. The first-order valence-corrected chi connectivity index (χ1v) is 4.37. The maximum atomic E-state index is 9.14. The summed E-state index contributed by atoms with van der Waals surface area (Å²) in [7, 11) is -1.55. The highest BCUT2D eigenvalue weighted by Crippen LogP contribution is 2.16. The molecule has 1 aromatic rings. The number of hydrogen-bond acceptors (Lipinski definition) is 4. The zero-order valence-corrected chi connectivity index (χ0v) is 8.36. The number of benzene rings is 1. The van der Waals surface area contributed by atoms with E-state index in [1.807, 2.05) is 0 Å². The van der Waals surface area contributed by atoms with Gasteiger partial charge < -0.3 is 21.5 Å². The molecule has 0 aliphatic heterocycles. The Hall–Kier alpha value is -1.04. The lowest BCUT2D eigenvalue weighted by molar-refractivity contribution is 0.423. The Morgan fingerprint density at radius 3 is 2.29 bits per heavy atom. The molecular formula is C9H15BN2O2. The quantitative estimate of drug-likeness (QED) is 0.364. The third kappa shape index (κ3) is 2.26. The van der Waals surface area contributed by atoms with E-state index < -0.39 is 12.7 Å². The summed E-state index contributed by atoms with van der Waals surface area (Å²) in [6.07, 6.45) is 0. The van der Waals surface area contributed by atoms with E-state index in [4.69, 9.17) is 21.5 Å². The highest BCUT2D eigenvalue weighted by molar-refractivity contribution is 6.59. The fraction of sp³-hybridized carbons (Fsp3) is 0.333. The van der Waals surface area contributed by atoms with Crippen LogP contribution in [-0.2, 0) is 5.54 Å². The molecule has 0 spiro atoms. The van der Waals surface area contributed by atoms with Gasteiger partial charge in [0.15, 0.2) is 0 Å². The van der Waals surface area contributed by atoms with Crippen molar-refractivity contribution in [2.75, 3.05) is 5.73 Å². The second kappa shape index (κ2) is 3.61. The first kappa shape index (κ1) is 11.0. The van der Waals surface area contributed by atoms with Crippen molar-refractivity contribution >= 4 is 18.3 Å². The van der Waals surface area contributed by atoms with Crippen LogP contribution in [0.4, 0.5) is 5.69 Å². The Morgan fingerprint density at radius 1 is 1.29 bits per heavy atom. The molecule has 0 amide bonds. The molecule has 5 heteroatoms. The number of nitrogen functional groups attached to an aromatic ring is 1. The van der Waals surface area contributed by atoms with Gasteiger partial charge in [-0.2, -0.15) is 0 Å². The predicted octanol–water partition coefficient (Wildman–Crippen LogP) is -0.858. The van der Waals surface area contributed by atoms with Crippen molar-refractivity contribution in [1.82, 2.24) is 0 Å². The van der Waals surface area contributed by atoms with Gasteiger partial charge in [-0.05, 0) is 37.0 Å². The first-order valence-electron chi connectivity index (χ1n) is 4.37. The summed E-state index contributed by atoms with van der Waals surface area (Å²) in [5.41, 5.74) is 12.3. The smallest absolute Gasteiger partial charge is 0.423 e. The lowest BCUT2D eigenvalue weighted by Crippen LogP contribution is -2.42. The minimum absolute atomic E-state index is 0.359. The Bertz CT molecular complexity index is 334. The molecule has 0 saturated carbocycles. The average molecular weight is 194 g/mol. The van der Waals surface area contributed by atoms with Crippen LogP contribution in [0.2, 0.25) is 0 Å². The van der Waals surface area contributed by atoms with E-state index in [0.29, 0.717) is 16.7 Å². The van der Waals surface area contributed by atoms with Gasteiger partial charge >= 0.3 is 7.12 Å². The van der Waals surface area contributed by atoms with E-state index in [9.17, 15) is 0 Å². The van der Waals surface area contributed by atoms with Gasteiger partial charge in [0.2, 0.25) is 0 Å². The molecule has 6 N–H and O–H groups in total. The lowest BCUT2D eigenvalue weighted by Gasteiger charge is -2.23. The van der Waals surface area contributed by atoms with Crippen LogP contribution in [0.3, 0.4) is 0 Å². The zero-order valence-electron chi connectivity index (χ0n) is 8.36. The van der Waals surface area contributed by atoms with Crippen LogP contribution in [0.25, 0.3) is 0 Å². The van der Waals surface area contributed by atoms with Crippen molar-refractivity contribution in [2.24, 2.45) is 5.73 Å². The number of nitrogens with two attached hydrogens (primary N) is 2. The third-order valence-electron chi connectivity index (χ3n) is 2.05. The molecule has 0 radical (unpaired) electrons. The Balaban J connectivity index is 3.29. The molecule has 0 bridgehead atoms. The summed E-state index contributed by atoms with van der Waals surface area (Å²) in [6.45, 7) is 3.59.